The molecule has 0 spiro atoms. The summed E-state index contributed by atoms with van der Waals surface area (Å²) in [6.07, 6.45) is 3.58. The van der Waals surface area contributed by atoms with Crippen LogP contribution in [0.25, 0.3) is 10.9 Å². The van der Waals surface area contributed by atoms with E-state index < -0.39 is 0 Å². The summed E-state index contributed by atoms with van der Waals surface area (Å²) in [6, 6.07) is 5.72. The van der Waals surface area contributed by atoms with Crippen molar-refractivity contribution in [2.24, 2.45) is 5.92 Å². The first-order chi connectivity index (χ1) is 11.1. The first-order valence-electron chi connectivity index (χ1n) is 7.72. The number of aromatic nitrogens is 1. The number of nitrogens with zero attached hydrogens (tertiary/aromatic N) is 3. The van der Waals surface area contributed by atoms with Crippen molar-refractivity contribution in [3.63, 3.8) is 0 Å². The van der Waals surface area contributed by atoms with Crippen LogP contribution in [0.3, 0.4) is 0 Å². The van der Waals surface area contributed by atoms with Crippen LogP contribution in [0, 0.1) is 16.0 Å². The number of halogens is 1. The van der Waals surface area contributed by atoms with Crippen LogP contribution in [0.4, 0.5) is 11.4 Å². The molecule has 1 N–H and O–H groups in total. The highest BCUT2D eigenvalue weighted by molar-refractivity contribution is 9.10. The maximum atomic E-state index is 11.5. The van der Waals surface area contributed by atoms with Crippen LogP contribution in [-0.4, -0.2) is 36.6 Å². The van der Waals surface area contributed by atoms with E-state index in [-0.39, 0.29) is 10.6 Å². The molecule has 1 aliphatic rings. The monoisotopic (exact) mass is 378 g/mol. The minimum Gasteiger partial charge on any atom is -0.365 e. The van der Waals surface area contributed by atoms with Crippen molar-refractivity contribution in [2.45, 2.75) is 12.8 Å². The lowest BCUT2D eigenvalue weighted by atomic mass is 9.97. The zero-order valence-corrected chi connectivity index (χ0v) is 14.5. The zero-order valence-electron chi connectivity index (χ0n) is 13.0. The molecule has 1 atom stereocenters. The number of benzene rings is 1. The Labute approximate surface area is 143 Å². The summed E-state index contributed by atoms with van der Waals surface area (Å²) in [6.45, 7) is 2.59. The molecule has 1 aromatic carbocycles. The van der Waals surface area contributed by atoms with Crippen LogP contribution in [0.1, 0.15) is 12.8 Å². The van der Waals surface area contributed by atoms with Gasteiger partial charge in [0.05, 0.1) is 10.4 Å². The topological polar surface area (TPSA) is 71.3 Å². The summed E-state index contributed by atoms with van der Waals surface area (Å²) in [5, 5.41) is 15.6. The van der Waals surface area contributed by atoms with Gasteiger partial charge in [-0.05, 0) is 50.6 Å². The van der Waals surface area contributed by atoms with Gasteiger partial charge in [-0.2, -0.15) is 0 Å². The van der Waals surface area contributed by atoms with Crippen molar-refractivity contribution in [1.29, 1.82) is 0 Å². The number of anilines is 1. The maximum Gasteiger partial charge on any atom is 0.311 e. The number of piperidine rings is 1. The number of rotatable bonds is 4. The second-order valence-corrected chi connectivity index (χ2v) is 6.84. The number of nitro groups is 1. The van der Waals surface area contributed by atoms with Crippen molar-refractivity contribution in [3.8, 4) is 0 Å². The molecule has 1 aromatic heterocycles. The Kier molecular flexibility index (Phi) is 4.77. The second-order valence-electron chi connectivity index (χ2n) is 5.92. The van der Waals surface area contributed by atoms with Crippen LogP contribution in [0.15, 0.2) is 28.9 Å². The van der Waals surface area contributed by atoms with Crippen LogP contribution in [-0.2, 0) is 0 Å². The minimum atomic E-state index is -0.329. The van der Waals surface area contributed by atoms with E-state index in [4.69, 9.17) is 0 Å². The number of hydrogen-bond donors (Lipinski definition) is 1. The number of fused-ring (bicyclic) bond motifs is 1. The predicted octanol–water partition coefficient (Wildman–Crippen LogP) is 3.34. The molecule has 6 nitrogen and oxygen atoms in total. The molecule has 3 rings (SSSR count). The average molecular weight is 379 g/mol. The third-order valence-corrected chi connectivity index (χ3v) is 4.80. The first-order valence-corrected chi connectivity index (χ1v) is 8.51. The van der Waals surface area contributed by atoms with Crippen molar-refractivity contribution >= 4 is 38.2 Å². The molecule has 0 amide bonds. The van der Waals surface area contributed by atoms with E-state index in [0.717, 1.165) is 47.9 Å². The molecule has 0 aliphatic carbocycles. The first kappa shape index (κ1) is 16.1. The Morgan fingerprint density at radius 3 is 3.09 bits per heavy atom. The third-order valence-electron chi connectivity index (χ3n) is 4.31. The number of nitrogens with one attached hydrogen (secondary N) is 1. The molecule has 7 heteroatoms. The Hall–Kier alpha value is -1.73. The fourth-order valence-corrected chi connectivity index (χ4v) is 3.69. The van der Waals surface area contributed by atoms with Crippen LogP contribution < -0.4 is 10.2 Å². The van der Waals surface area contributed by atoms with Gasteiger partial charge in [0.15, 0.2) is 0 Å². The molecule has 23 heavy (non-hydrogen) atoms. The molecule has 1 fully saturated rings. The molecule has 0 saturated carbocycles. The number of pyridine rings is 1. The fourth-order valence-electron chi connectivity index (χ4n) is 3.33. The quantitative estimate of drug-likeness (QED) is 0.652. The maximum absolute atomic E-state index is 11.5. The highest BCUT2D eigenvalue weighted by Gasteiger charge is 2.27. The lowest BCUT2D eigenvalue weighted by Crippen LogP contribution is -2.39. The zero-order chi connectivity index (χ0) is 16.4. The molecular weight excluding hydrogens is 360 g/mol. The van der Waals surface area contributed by atoms with Gasteiger partial charge in [-0.15, -0.1) is 0 Å². The van der Waals surface area contributed by atoms with Gasteiger partial charge in [-0.25, -0.2) is 4.98 Å². The predicted molar refractivity (Wildman–Crippen MR) is 95.0 cm³/mol. The van der Waals surface area contributed by atoms with Crippen molar-refractivity contribution in [3.05, 3.63) is 39.0 Å². The fraction of sp³-hybridized carbons (Fsp3) is 0.438. The molecule has 2 aromatic rings. The molecule has 2 heterocycles. The van der Waals surface area contributed by atoms with E-state index in [1.807, 2.05) is 25.2 Å². The van der Waals surface area contributed by atoms with Crippen LogP contribution in [0.5, 0.6) is 0 Å². The smallest absolute Gasteiger partial charge is 0.311 e. The minimum absolute atomic E-state index is 0.0840. The van der Waals surface area contributed by atoms with E-state index in [1.54, 1.807) is 0 Å². The van der Waals surface area contributed by atoms with E-state index in [0.29, 0.717) is 11.6 Å². The van der Waals surface area contributed by atoms with Gasteiger partial charge in [0.25, 0.3) is 0 Å². The van der Waals surface area contributed by atoms with Crippen LogP contribution in [0.2, 0.25) is 0 Å². The van der Waals surface area contributed by atoms with Gasteiger partial charge >= 0.3 is 5.69 Å². The van der Waals surface area contributed by atoms with Crippen molar-refractivity contribution < 1.29 is 4.92 Å². The number of hydrogen-bond acceptors (Lipinski definition) is 5. The molecule has 1 unspecified atom stereocenters. The average Bonchev–Trinajstić information content (AvgIpc) is 2.54. The van der Waals surface area contributed by atoms with Gasteiger partial charge in [-0.1, -0.05) is 15.9 Å². The van der Waals surface area contributed by atoms with Gasteiger partial charge in [0.1, 0.15) is 11.9 Å². The van der Waals surface area contributed by atoms with Gasteiger partial charge in [-0.3, -0.25) is 10.1 Å². The van der Waals surface area contributed by atoms with E-state index in [9.17, 15) is 10.1 Å². The Balaban J connectivity index is 2.11. The molecular formula is C16H19BrN4O2. The largest absolute Gasteiger partial charge is 0.365 e. The Morgan fingerprint density at radius 2 is 2.35 bits per heavy atom. The Morgan fingerprint density at radius 1 is 1.52 bits per heavy atom. The Bertz CT molecular complexity index is 735. The summed E-state index contributed by atoms with van der Waals surface area (Å²) in [4.78, 5) is 17.6. The summed E-state index contributed by atoms with van der Waals surface area (Å²) in [5.41, 5.74) is 1.56. The van der Waals surface area contributed by atoms with E-state index >= 15 is 0 Å². The van der Waals surface area contributed by atoms with E-state index in [2.05, 4.69) is 31.1 Å². The SMILES string of the molecule is CNCC1CCCN(c2c([N+](=O)[O-])cnc3ccc(Br)cc23)C1. The molecule has 1 saturated heterocycles. The van der Waals surface area contributed by atoms with E-state index in [1.165, 1.54) is 6.20 Å². The molecule has 0 radical (unpaired) electrons. The summed E-state index contributed by atoms with van der Waals surface area (Å²) >= 11 is 3.46. The highest BCUT2D eigenvalue weighted by Crippen LogP contribution is 2.38. The lowest BCUT2D eigenvalue weighted by molar-refractivity contribution is -0.384. The third kappa shape index (κ3) is 3.30. The second kappa shape index (κ2) is 6.80. The molecule has 122 valence electrons. The van der Waals surface area contributed by atoms with Crippen LogP contribution >= 0.6 is 15.9 Å². The van der Waals surface area contributed by atoms with Crippen molar-refractivity contribution in [1.82, 2.24) is 10.3 Å². The normalized spacial score (nSPS) is 18.3. The summed E-state index contributed by atoms with van der Waals surface area (Å²) in [5.74, 6) is 0.503. The molecule has 0 bridgehead atoms. The van der Waals surface area contributed by atoms with Gasteiger partial charge in [0.2, 0.25) is 0 Å². The standard InChI is InChI=1S/C16H19BrN4O2/c1-18-8-11-3-2-6-20(10-11)16-13-7-12(17)4-5-14(13)19-9-15(16)21(22)23/h4-5,7,9,11,18H,2-3,6,8,10H2,1H3. The van der Waals surface area contributed by atoms with Gasteiger partial charge in [0, 0.05) is 22.9 Å². The van der Waals surface area contributed by atoms with Crippen molar-refractivity contribution in [2.75, 3.05) is 31.6 Å². The molecule has 1 aliphatic heterocycles. The highest BCUT2D eigenvalue weighted by atomic mass is 79.9. The summed E-state index contributed by atoms with van der Waals surface area (Å²) in [7, 11) is 1.94. The lowest BCUT2D eigenvalue weighted by Gasteiger charge is -2.34. The summed E-state index contributed by atoms with van der Waals surface area (Å²) < 4.78 is 0.900. The van der Waals surface area contributed by atoms with Gasteiger partial charge < -0.3 is 10.2 Å².